The SMILES string of the molecule is CN(c1cccc(Br)c1)c1nc(Cl)nc2cc(Cl)c(Cl)cc12.CN(c1cccc(Br)c1)c1nc(NN)nc2cc(Cl)c(Cl)cc12.CN(c1cccc(Br)c1)c1nc2nncn2c2cc(Cl)c(Cl)cc12.CNc1cccc(Br)c1.Clc1nc(Cl)c2cc(Cl)c(Cl)cc2n1.Nc1cc(Cl)c(Cl)cc1C(=O)O.O=P(Cl)(Cl)Cl.O=c1[nH]c(=O)c2cc(Cl)c(Cl)cc2[nH]1. The fraction of sp³-hybridized carbons (Fsp3) is 0.0526. The second-order valence-electron chi connectivity index (χ2n) is 24.3. The maximum Gasteiger partial charge on any atom is 0.339 e. The number of nitrogen functional groups attached to an aromatic ring is 2. The Morgan fingerprint density at radius 1 is 0.463 bits per heavy atom. The van der Waals surface area contributed by atoms with Gasteiger partial charge in [-0.05, 0) is 203 Å². The van der Waals surface area contributed by atoms with Crippen molar-refractivity contribution in [2.45, 2.75) is 0 Å². The third-order valence-electron chi connectivity index (χ3n) is 16.2. The van der Waals surface area contributed by atoms with E-state index >= 15 is 0 Å². The molecule has 0 unspecified atom stereocenters. The first-order valence-corrected chi connectivity index (χ1v) is 46.9. The van der Waals surface area contributed by atoms with Crippen LogP contribution in [0.4, 0.5) is 51.8 Å². The van der Waals surface area contributed by atoms with E-state index in [4.69, 9.17) is 191 Å². The number of benzene rings is 10. The van der Waals surface area contributed by atoms with E-state index in [2.05, 4.69) is 163 Å². The van der Waals surface area contributed by atoms with Crippen molar-refractivity contribution in [1.82, 2.24) is 59.5 Å². The van der Waals surface area contributed by atoms with Crippen LogP contribution in [0.25, 0.3) is 60.3 Å². The van der Waals surface area contributed by atoms with E-state index in [0.29, 0.717) is 101 Å². The van der Waals surface area contributed by atoms with Crippen molar-refractivity contribution < 1.29 is 14.5 Å². The molecule has 16 rings (SSSR count). The van der Waals surface area contributed by atoms with Gasteiger partial charge in [-0.1, -0.05) is 239 Å². The molecule has 123 heavy (non-hydrogen) atoms. The predicted molar refractivity (Wildman–Crippen MR) is 528 cm³/mol. The van der Waals surface area contributed by atoms with Crippen molar-refractivity contribution in [3.63, 3.8) is 0 Å². The number of H-pyrrole nitrogens is 2. The molecular weight excluding hydrogens is 2250 g/mol. The van der Waals surface area contributed by atoms with Crippen LogP contribution in [-0.2, 0) is 4.57 Å². The fourth-order valence-electron chi connectivity index (χ4n) is 10.6. The number of nitrogens with zero attached hydrogens (tertiary/aromatic N) is 13. The maximum absolute atomic E-state index is 11.3. The fourth-order valence-corrected chi connectivity index (χ4v) is 14.7. The zero-order chi connectivity index (χ0) is 90.3. The highest BCUT2D eigenvalue weighted by Gasteiger charge is 2.21. The second kappa shape index (κ2) is 45.5. The predicted octanol–water partition coefficient (Wildman–Crippen LogP) is 29.3. The lowest BCUT2D eigenvalue weighted by Gasteiger charge is -2.21. The van der Waals surface area contributed by atoms with Gasteiger partial charge >= 0.3 is 16.9 Å². The molecule has 0 spiro atoms. The number of nitrogens with one attached hydrogen (secondary N) is 4. The molecule has 10 aromatic carbocycles. The van der Waals surface area contributed by atoms with Crippen LogP contribution >= 0.6 is 277 Å². The molecular formula is C76H50Br4Cl18N19O5P. The molecule has 0 atom stereocenters. The molecule has 0 saturated heterocycles. The zero-order valence-corrected chi connectivity index (χ0v) is 82.9. The number of hydrogen-bond donors (Lipinski definition) is 7. The number of nitrogens with two attached hydrogens (primary N) is 2. The van der Waals surface area contributed by atoms with Crippen LogP contribution in [-0.4, -0.2) is 98.7 Å². The summed E-state index contributed by atoms with van der Waals surface area (Å²) in [6, 6.07) is 50.8. The van der Waals surface area contributed by atoms with Gasteiger partial charge in [0, 0.05) is 96.1 Å². The summed E-state index contributed by atoms with van der Waals surface area (Å²) >= 11 is 116. The summed E-state index contributed by atoms with van der Waals surface area (Å²) in [5.74, 6) is 7.21. The number of aromatic amines is 2. The quantitative estimate of drug-likeness (QED) is 0.0176. The minimum absolute atomic E-state index is 0.0376. The van der Waals surface area contributed by atoms with Crippen molar-refractivity contribution in [1.29, 1.82) is 0 Å². The van der Waals surface area contributed by atoms with Gasteiger partial charge in [-0.25, -0.2) is 35.4 Å². The van der Waals surface area contributed by atoms with Gasteiger partial charge in [-0.15, -0.1) is 10.2 Å². The van der Waals surface area contributed by atoms with Gasteiger partial charge in [-0.2, -0.15) is 15.0 Å². The molecule has 16 aromatic rings. The molecule has 24 nitrogen and oxygen atoms in total. The van der Waals surface area contributed by atoms with Crippen LogP contribution in [0, 0.1) is 0 Å². The van der Waals surface area contributed by atoms with E-state index in [0.717, 1.165) is 68.1 Å². The molecule has 6 heterocycles. The van der Waals surface area contributed by atoms with Gasteiger partial charge in [0.1, 0.15) is 28.9 Å². The molecule has 0 aliphatic carbocycles. The maximum atomic E-state index is 11.3. The zero-order valence-electron chi connectivity index (χ0n) is 62.1. The number of carbonyl (C=O) groups is 1. The van der Waals surface area contributed by atoms with E-state index in [9.17, 15) is 18.9 Å². The number of carboxylic acids is 1. The normalized spacial score (nSPS) is 10.8. The van der Waals surface area contributed by atoms with E-state index in [1.165, 1.54) is 24.3 Å². The highest BCUT2D eigenvalue weighted by Crippen LogP contribution is 2.61. The number of hydrogen-bond acceptors (Lipinski definition) is 20. The average Bonchev–Trinajstić information content (AvgIpc) is 1.72. The Balaban J connectivity index is 0.000000165. The summed E-state index contributed by atoms with van der Waals surface area (Å²) in [4.78, 5) is 72.8. The van der Waals surface area contributed by atoms with Crippen molar-refractivity contribution in [2.75, 3.05) is 59.4 Å². The Labute approximate surface area is 821 Å². The molecule has 6 aromatic heterocycles. The van der Waals surface area contributed by atoms with Crippen molar-refractivity contribution in [3.05, 3.63) is 296 Å². The van der Waals surface area contributed by atoms with Gasteiger partial charge < -0.3 is 35.8 Å². The number of hydrazine groups is 1. The number of carboxylic acid groups (broad SMARTS) is 1. The Morgan fingerprint density at radius 2 is 0.854 bits per heavy atom. The number of fused-ring (bicyclic) bond motifs is 7. The van der Waals surface area contributed by atoms with Crippen LogP contribution in [0.1, 0.15) is 10.4 Å². The van der Waals surface area contributed by atoms with Gasteiger partial charge in [0.15, 0.2) is 0 Å². The highest BCUT2D eigenvalue weighted by molar-refractivity contribution is 9.11. The van der Waals surface area contributed by atoms with E-state index in [1.807, 2.05) is 146 Å². The minimum Gasteiger partial charge on any atom is -0.478 e. The molecule has 0 fully saturated rings. The highest BCUT2D eigenvalue weighted by atomic mass is 79.9. The van der Waals surface area contributed by atoms with Crippen LogP contribution in [0.3, 0.4) is 0 Å². The number of rotatable bonds is 9. The summed E-state index contributed by atoms with van der Waals surface area (Å²) in [5.41, 5.74) is 14.0. The molecule has 0 aliphatic heterocycles. The molecule has 0 amide bonds. The van der Waals surface area contributed by atoms with Crippen LogP contribution < -0.4 is 48.3 Å². The van der Waals surface area contributed by atoms with E-state index in [1.54, 1.807) is 53.2 Å². The van der Waals surface area contributed by atoms with E-state index in [-0.39, 0.29) is 42.0 Å². The molecule has 47 heteroatoms. The average molecular weight is 2300 g/mol. The van der Waals surface area contributed by atoms with Crippen LogP contribution in [0.5, 0.6) is 0 Å². The molecule has 0 bridgehead atoms. The Hall–Kier alpha value is -6.43. The molecule has 9 N–H and O–H groups in total. The second-order valence-corrected chi connectivity index (χ2v) is 40.6. The largest absolute Gasteiger partial charge is 0.478 e. The third-order valence-corrected chi connectivity index (χ3v) is 23.2. The summed E-state index contributed by atoms with van der Waals surface area (Å²) < 4.78 is 15.3. The van der Waals surface area contributed by atoms with Crippen molar-refractivity contribution in [2.24, 2.45) is 5.84 Å². The lowest BCUT2D eigenvalue weighted by molar-refractivity contribution is 0.0698. The topological polar surface area (TPSA) is 326 Å². The summed E-state index contributed by atoms with van der Waals surface area (Å²) in [5, 5.41) is 24.8. The molecule has 0 saturated carbocycles. The first kappa shape index (κ1) is 100. The van der Waals surface area contributed by atoms with Crippen molar-refractivity contribution in [3.8, 4) is 0 Å². The summed E-state index contributed by atoms with van der Waals surface area (Å²) in [6.07, 6.45) is 1.61. The standard InChI is InChI=1S/C16H10BrCl2N5.C15H9BrCl3N3.C15H12BrCl2N5.C8H2Cl4N2.C8H4Cl2N2O2.C7H8BrN.C7H5Cl2NO2.Cl3OP/c1-23(10-4-2-3-9(17)5-10)15-11-6-12(18)13(19)7-14(11)24-8-20-22-16(24)21-15;1-22(9-4-2-3-8(16)5-9)14-10-6-11(17)12(18)7-13(10)20-15(19)21-14;1-23(9-4-2-3-8(16)5-9)14-10-6-11(17)12(18)7-13(10)20-15(21-14)22-19;9-4-1-3-6(2-5(4)10)13-8(12)14-7(3)11;9-4-1-3-6(2-5(4)10)11-8(14)12-7(3)13;1-9-7-4-2-3-6(8)5-7;8-4-1-3(7(11)12)6(10)2-5(4)9;1-5(2,3)4/h2-8H,1H3;2-7H,1H3;2-7H,19H2,1H3,(H,20,21,22);1-2H;1-2H,(H2,11,12,13,14);2-5,9H,1H3;1-2H,10H2,(H,11,12);. The van der Waals surface area contributed by atoms with Gasteiger partial charge in [0.2, 0.25) is 16.5 Å². The number of halogens is 22. The summed E-state index contributed by atoms with van der Waals surface area (Å²) in [6.45, 7) is 0. The number of aromatic carboxylic acids is 1. The number of aromatic nitrogens is 12. The Kier molecular flexibility index (Phi) is 37.1. The van der Waals surface area contributed by atoms with Crippen LogP contribution in [0.2, 0.25) is 76.0 Å². The first-order chi connectivity index (χ1) is 58.0. The van der Waals surface area contributed by atoms with Gasteiger partial charge in [0.25, 0.3) is 11.3 Å². The Morgan fingerprint density at radius 3 is 1.32 bits per heavy atom. The molecule has 0 radical (unpaired) electrons. The van der Waals surface area contributed by atoms with Gasteiger partial charge in [-0.3, -0.25) is 24.2 Å². The minimum atomic E-state index is -3.22. The monoisotopic (exact) mass is 2280 g/mol. The lowest BCUT2D eigenvalue weighted by Crippen LogP contribution is -2.21. The third kappa shape index (κ3) is 27.8. The lowest BCUT2D eigenvalue weighted by atomic mass is 10.2. The van der Waals surface area contributed by atoms with E-state index < -0.39 is 22.4 Å². The summed E-state index contributed by atoms with van der Waals surface area (Å²) in [7, 11) is 7.66. The molecule has 0 aliphatic rings. The van der Waals surface area contributed by atoms with Crippen LogP contribution in [0.15, 0.2) is 204 Å². The molecule has 638 valence electrons. The Bertz CT molecular complexity index is 6830. The first-order valence-electron chi connectivity index (χ1n) is 33.6. The van der Waals surface area contributed by atoms with Gasteiger partial charge in [0.05, 0.1) is 98.8 Å². The smallest absolute Gasteiger partial charge is 0.339 e. The number of anilines is 9. The van der Waals surface area contributed by atoms with Crippen molar-refractivity contribution >= 4 is 395 Å².